The van der Waals surface area contributed by atoms with E-state index in [-0.39, 0.29) is 24.0 Å². The van der Waals surface area contributed by atoms with Gasteiger partial charge in [0.25, 0.3) is 0 Å². The van der Waals surface area contributed by atoms with Gasteiger partial charge in [0.15, 0.2) is 11.8 Å². The molecule has 1 N–H and O–H groups in total. The van der Waals surface area contributed by atoms with Crippen LogP contribution in [0.2, 0.25) is 5.02 Å². The van der Waals surface area contributed by atoms with Gasteiger partial charge in [-0.3, -0.25) is 4.99 Å². The molecule has 0 radical (unpaired) electrons. The van der Waals surface area contributed by atoms with Gasteiger partial charge in [0.1, 0.15) is 6.33 Å². The lowest BCUT2D eigenvalue weighted by atomic mass is 10.1. The van der Waals surface area contributed by atoms with Gasteiger partial charge >= 0.3 is 0 Å². The fraction of sp³-hybridized carbons (Fsp3) is 0.471. The maximum atomic E-state index is 6.16. The molecule has 2 aromatic rings. The second-order valence-electron chi connectivity index (χ2n) is 6.16. The van der Waals surface area contributed by atoms with Crippen molar-refractivity contribution in [3.05, 3.63) is 40.9 Å². The summed E-state index contributed by atoms with van der Waals surface area (Å²) in [6, 6.07) is 6.06. The molecule has 1 aromatic carbocycles. The summed E-state index contributed by atoms with van der Waals surface area (Å²) in [6.45, 7) is 6.42. The molecule has 26 heavy (non-hydrogen) atoms. The predicted molar refractivity (Wildman–Crippen MR) is 117 cm³/mol. The number of aliphatic imine (C=N–C) groups is 1. The standard InChI is InChI=1S/C17H24ClN7.HI/c1-13-4-5-14(18)10-15(13)24-6-8-25(9-7-24)17(19-2)20-11-16-22-21-12-23(16)3;/h4-5,10,12H,6-9,11H2,1-3H3,(H,19,20);1H. The molecule has 1 saturated heterocycles. The smallest absolute Gasteiger partial charge is 0.194 e. The average Bonchev–Trinajstić information content (AvgIpc) is 3.03. The van der Waals surface area contributed by atoms with Gasteiger partial charge in [0.05, 0.1) is 6.54 Å². The summed E-state index contributed by atoms with van der Waals surface area (Å²) in [5, 5.41) is 12.1. The molecule has 0 unspecified atom stereocenters. The van der Waals surface area contributed by atoms with Crippen LogP contribution in [0.1, 0.15) is 11.4 Å². The Labute approximate surface area is 176 Å². The lowest BCUT2D eigenvalue weighted by molar-refractivity contribution is 0.371. The second-order valence-corrected chi connectivity index (χ2v) is 6.60. The number of nitrogens with zero attached hydrogens (tertiary/aromatic N) is 6. The molecule has 3 rings (SSSR count). The molecule has 0 amide bonds. The van der Waals surface area contributed by atoms with Crippen molar-refractivity contribution in [2.45, 2.75) is 13.5 Å². The Morgan fingerprint density at radius 2 is 2.00 bits per heavy atom. The lowest BCUT2D eigenvalue weighted by Gasteiger charge is -2.38. The third-order valence-corrected chi connectivity index (χ3v) is 4.75. The Morgan fingerprint density at radius 1 is 1.27 bits per heavy atom. The largest absolute Gasteiger partial charge is 0.368 e. The number of aromatic nitrogens is 3. The molecule has 0 bridgehead atoms. The first-order valence-electron chi connectivity index (χ1n) is 8.38. The number of nitrogens with one attached hydrogen (secondary N) is 1. The van der Waals surface area contributed by atoms with Gasteiger partial charge < -0.3 is 19.7 Å². The molecule has 1 aromatic heterocycles. The lowest BCUT2D eigenvalue weighted by Crippen LogP contribution is -2.52. The first kappa shape index (κ1) is 20.8. The number of guanidine groups is 1. The van der Waals surface area contributed by atoms with E-state index in [0.717, 1.165) is 43.0 Å². The van der Waals surface area contributed by atoms with E-state index in [1.807, 2.05) is 30.8 Å². The molecule has 0 atom stereocenters. The van der Waals surface area contributed by atoms with Gasteiger partial charge in [0.2, 0.25) is 0 Å². The van der Waals surface area contributed by atoms with Gasteiger partial charge in [0, 0.05) is 51.0 Å². The zero-order valence-corrected chi connectivity index (χ0v) is 18.4. The van der Waals surface area contributed by atoms with Crippen molar-refractivity contribution in [3.63, 3.8) is 0 Å². The van der Waals surface area contributed by atoms with Crippen LogP contribution in [0, 0.1) is 6.92 Å². The van der Waals surface area contributed by atoms with E-state index in [9.17, 15) is 0 Å². The van der Waals surface area contributed by atoms with Crippen LogP contribution in [0.25, 0.3) is 0 Å². The SMILES string of the molecule is CN=C(NCc1nncn1C)N1CCN(c2cc(Cl)ccc2C)CC1.I. The van der Waals surface area contributed by atoms with Crippen molar-refractivity contribution < 1.29 is 0 Å². The Balaban J connectivity index is 0.00000243. The number of hydrogen-bond acceptors (Lipinski definition) is 4. The first-order chi connectivity index (χ1) is 12.1. The summed E-state index contributed by atoms with van der Waals surface area (Å²) in [6.07, 6.45) is 1.70. The minimum Gasteiger partial charge on any atom is -0.368 e. The fourth-order valence-corrected chi connectivity index (χ4v) is 3.21. The molecule has 7 nitrogen and oxygen atoms in total. The molecule has 0 aliphatic carbocycles. The van der Waals surface area contributed by atoms with E-state index in [1.54, 1.807) is 6.33 Å². The van der Waals surface area contributed by atoms with E-state index in [1.165, 1.54) is 11.3 Å². The number of benzene rings is 1. The summed E-state index contributed by atoms with van der Waals surface area (Å²) in [5.41, 5.74) is 2.47. The van der Waals surface area contributed by atoms with Gasteiger partial charge in [-0.2, -0.15) is 0 Å². The summed E-state index contributed by atoms with van der Waals surface area (Å²) >= 11 is 6.16. The highest BCUT2D eigenvalue weighted by Crippen LogP contribution is 2.25. The van der Waals surface area contributed by atoms with Crippen LogP contribution < -0.4 is 10.2 Å². The van der Waals surface area contributed by atoms with E-state index in [4.69, 9.17) is 11.6 Å². The van der Waals surface area contributed by atoms with E-state index in [0.29, 0.717) is 6.54 Å². The third kappa shape index (κ3) is 4.79. The van der Waals surface area contributed by atoms with Crippen LogP contribution >= 0.6 is 35.6 Å². The summed E-state index contributed by atoms with van der Waals surface area (Å²) in [4.78, 5) is 9.06. The molecule has 142 valence electrons. The number of aryl methyl sites for hydroxylation is 2. The van der Waals surface area contributed by atoms with Crippen molar-refractivity contribution in [2.24, 2.45) is 12.0 Å². The molecular formula is C17H25ClIN7. The Kier molecular flexibility index (Phi) is 7.51. The van der Waals surface area contributed by atoms with Gasteiger partial charge in [-0.25, -0.2) is 0 Å². The Hall–Kier alpha value is -1.55. The number of hydrogen-bond donors (Lipinski definition) is 1. The quantitative estimate of drug-likeness (QED) is 0.407. The zero-order chi connectivity index (χ0) is 17.8. The molecule has 0 saturated carbocycles. The van der Waals surface area contributed by atoms with Crippen LogP contribution in [-0.4, -0.2) is 58.9 Å². The maximum Gasteiger partial charge on any atom is 0.194 e. The zero-order valence-electron chi connectivity index (χ0n) is 15.3. The van der Waals surface area contributed by atoms with Crippen LogP contribution in [0.5, 0.6) is 0 Å². The number of halogens is 2. The monoisotopic (exact) mass is 489 g/mol. The second kappa shape index (κ2) is 9.40. The van der Waals surface area contributed by atoms with E-state index >= 15 is 0 Å². The molecule has 1 aliphatic heterocycles. The molecule has 0 spiro atoms. The van der Waals surface area contributed by atoms with Crippen molar-refractivity contribution in [3.8, 4) is 0 Å². The van der Waals surface area contributed by atoms with Crippen LogP contribution in [-0.2, 0) is 13.6 Å². The molecule has 2 heterocycles. The van der Waals surface area contributed by atoms with Crippen molar-refractivity contribution in [2.75, 3.05) is 38.1 Å². The number of anilines is 1. The minimum atomic E-state index is 0. The van der Waals surface area contributed by atoms with Crippen molar-refractivity contribution >= 4 is 47.2 Å². The Morgan fingerprint density at radius 3 is 2.62 bits per heavy atom. The molecule has 1 aliphatic rings. The molecular weight excluding hydrogens is 465 g/mol. The van der Waals surface area contributed by atoms with E-state index in [2.05, 4.69) is 43.3 Å². The van der Waals surface area contributed by atoms with Crippen LogP contribution in [0.4, 0.5) is 5.69 Å². The minimum absolute atomic E-state index is 0. The van der Waals surface area contributed by atoms with Crippen molar-refractivity contribution in [1.29, 1.82) is 0 Å². The highest BCUT2D eigenvalue weighted by molar-refractivity contribution is 14.0. The van der Waals surface area contributed by atoms with Gasteiger partial charge in [-0.05, 0) is 24.6 Å². The maximum absolute atomic E-state index is 6.16. The summed E-state index contributed by atoms with van der Waals surface area (Å²) < 4.78 is 1.90. The van der Waals surface area contributed by atoms with Gasteiger partial charge in [-0.15, -0.1) is 34.2 Å². The number of rotatable bonds is 3. The highest BCUT2D eigenvalue weighted by atomic mass is 127. The van der Waals surface area contributed by atoms with Crippen LogP contribution in [0.15, 0.2) is 29.5 Å². The average molecular weight is 490 g/mol. The third-order valence-electron chi connectivity index (χ3n) is 4.51. The molecule has 1 fully saturated rings. The predicted octanol–water partition coefficient (Wildman–Crippen LogP) is 2.29. The topological polar surface area (TPSA) is 61.6 Å². The van der Waals surface area contributed by atoms with E-state index < -0.39 is 0 Å². The van der Waals surface area contributed by atoms with Crippen LogP contribution in [0.3, 0.4) is 0 Å². The molecule has 9 heteroatoms. The summed E-state index contributed by atoms with van der Waals surface area (Å²) in [7, 11) is 3.75. The van der Waals surface area contributed by atoms with Gasteiger partial charge in [-0.1, -0.05) is 17.7 Å². The summed E-state index contributed by atoms with van der Waals surface area (Å²) in [5.74, 6) is 1.78. The normalized spacial score (nSPS) is 15.0. The Bertz CT molecular complexity index is 753. The van der Waals surface area contributed by atoms with Crippen molar-refractivity contribution in [1.82, 2.24) is 25.0 Å². The highest BCUT2D eigenvalue weighted by Gasteiger charge is 2.21. The number of piperazine rings is 1. The fourth-order valence-electron chi connectivity index (χ4n) is 3.04. The first-order valence-corrected chi connectivity index (χ1v) is 8.76.